The monoisotopic (exact) mass is 256 g/mol. The Bertz CT molecular complexity index is 149. The van der Waals surface area contributed by atoms with E-state index in [1.807, 2.05) is 22.6 Å². The predicted molar refractivity (Wildman–Crippen MR) is 46.2 cm³/mol. The fraction of sp³-hybridized carbons (Fsp3) is 0.857. The first-order valence-electron chi connectivity index (χ1n) is 3.43. The van der Waals surface area contributed by atoms with E-state index in [0.29, 0.717) is 17.3 Å². The fourth-order valence-electron chi connectivity index (χ4n) is 1.25. The van der Waals surface area contributed by atoms with E-state index in [1.165, 1.54) is 0 Å². The Morgan fingerprint density at radius 2 is 2.40 bits per heavy atom. The molecule has 1 aliphatic rings. The van der Waals surface area contributed by atoms with Crippen LogP contribution >= 0.6 is 22.6 Å². The molecule has 1 aliphatic carbocycles. The maximum atomic E-state index is 13.3. The second-order valence-electron chi connectivity index (χ2n) is 2.85. The number of Topliss-reactive ketones (excluding diaryl/α,β-unsaturated/α-hetero) is 1. The smallest absolute Gasteiger partial charge is 0.136 e. The molecule has 0 aromatic carbocycles. The van der Waals surface area contributed by atoms with Crippen molar-refractivity contribution in [2.75, 3.05) is 4.43 Å². The molecule has 3 heteroatoms. The lowest BCUT2D eigenvalue weighted by molar-refractivity contribution is -0.123. The topological polar surface area (TPSA) is 17.1 Å². The molecule has 0 spiro atoms. The number of rotatable bonds is 1. The average Bonchev–Trinajstić information content (AvgIpc) is 1.88. The summed E-state index contributed by atoms with van der Waals surface area (Å²) >= 11 is 2.01. The molecular formula is C7H10FIO. The summed E-state index contributed by atoms with van der Waals surface area (Å²) in [5.41, 5.74) is -1.17. The lowest BCUT2D eigenvalue weighted by atomic mass is 9.87. The van der Waals surface area contributed by atoms with Crippen LogP contribution in [0.15, 0.2) is 0 Å². The first-order valence-corrected chi connectivity index (χ1v) is 4.95. The summed E-state index contributed by atoms with van der Waals surface area (Å²) in [6.45, 7) is 0. The molecule has 1 unspecified atom stereocenters. The Kier molecular flexibility index (Phi) is 2.66. The van der Waals surface area contributed by atoms with Gasteiger partial charge in [0.05, 0.1) is 0 Å². The zero-order valence-corrected chi connectivity index (χ0v) is 7.86. The van der Waals surface area contributed by atoms with Crippen molar-refractivity contribution in [3.63, 3.8) is 0 Å². The highest BCUT2D eigenvalue weighted by Crippen LogP contribution is 2.31. The van der Waals surface area contributed by atoms with Crippen LogP contribution in [0.3, 0.4) is 0 Å². The Morgan fingerprint density at radius 3 is 2.80 bits per heavy atom. The van der Waals surface area contributed by atoms with Gasteiger partial charge in [-0.2, -0.15) is 0 Å². The fourth-order valence-corrected chi connectivity index (χ4v) is 1.90. The zero-order valence-electron chi connectivity index (χ0n) is 5.70. The molecule has 1 saturated carbocycles. The number of hydrogen-bond acceptors (Lipinski definition) is 1. The van der Waals surface area contributed by atoms with Crippen molar-refractivity contribution in [2.24, 2.45) is 0 Å². The lowest BCUT2D eigenvalue weighted by Gasteiger charge is -2.25. The third-order valence-electron chi connectivity index (χ3n) is 1.83. The SMILES string of the molecule is O=C1CCCC(F)(CI)C1. The second-order valence-corrected chi connectivity index (χ2v) is 3.62. The largest absolute Gasteiger partial charge is 0.300 e. The van der Waals surface area contributed by atoms with Crippen molar-refractivity contribution in [1.82, 2.24) is 0 Å². The van der Waals surface area contributed by atoms with E-state index in [1.54, 1.807) is 0 Å². The van der Waals surface area contributed by atoms with Gasteiger partial charge in [0.15, 0.2) is 0 Å². The Hall–Kier alpha value is 0.330. The van der Waals surface area contributed by atoms with E-state index in [4.69, 9.17) is 0 Å². The maximum Gasteiger partial charge on any atom is 0.136 e. The number of halogens is 2. The molecule has 0 amide bonds. The third kappa shape index (κ3) is 1.90. The van der Waals surface area contributed by atoms with Gasteiger partial charge in [0, 0.05) is 17.3 Å². The van der Waals surface area contributed by atoms with Crippen molar-refractivity contribution < 1.29 is 9.18 Å². The Morgan fingerprint density at radius 1 is 1.70 bits per heavy atom. The van der Waals surface area contributed by atoms with Gasteiger partial charge in [-0.25, -0.2) is 4.39 Å². The van der Waals surface area contributed by atoms with Crippen LogP contribution in [0.1, 0.15) is 25.7 Å². The van der Waals surface area contributed by atoms with Crippen molar-refractivity contribution in [1.29, 1.82) is 0 Å². The minimum absolute atomic E-state index is 0.0883. The first kappa shape index (κ1) is 8.43. The van der Waals surface area contributed by atoms with Gasteiger partial charge in [-0.3, -0.25) is 4.79 Å². The highest BCUT2D eigenvalue weighted by atomic mass is 127. The average molecular weight is 256 g/mol. The van der Waals surface area contributed by atoms with Crippen LogP contribution in [0.2, 0.25) is 0 Å². The number of carbonyl (C=O) groups excluding carboxylic acids is 1. The van der Waals surface area contributed by atoms with Gasteiger partial charge in [0.25, 0.3) is 0 Å². The molecule has 58 valence electrons. The van der Waals surface area contributed by atoms with Gasteiger partial charge in [0.1, 0.15) is 11.5 Å². The van der Waals surface area contributed by atoms with Crippen LogP contribution in [0.5, 0.6) is 0 Å². The van der Waals surface area contributed by atoms with Gasteiger partial charge in [-0.05, 0) is 12.8 Å². The maximum absolute atomic E-state index is 13.3. The van der Waals surface area contributed by atoms with E-state index in [2.05, 4.69) is 0 Å². The van der Waals surface area contributed by atoms with Gasteiger partial charge >= 0.3 is 0 Å². The minimum atomic E-state index is -1.17. The second kappa shape index (κ2) is 3.15. The molecular weight excluding hydrogens is 246 g/mol. The molecule has 0 radical (unpaired) electrons. The predicted octanol–water partition coefficient (Wildman–Crippen LogP) is 2.27. The summed E-state index contributed by atoms with van der Waals surface area (Å²) in [6.07, 6.45) is 2.04. The van der Waals surface area contributed by atoms with Crippen molar-refractivity contribution in [3.8, 4) is 0 Å². The van der Waals surface area contributed by atoms with Crippen molar-refractivity contribution >= 4 is 28.4 Å². The number of alkyl halides is 2. The van der Waals surface area contributed by atoms with E-state index in [9.17, 15) is 9.18 Å². The molecule has 1 rings (SSSR count). The molecule has 10 heavy (non-hydrogen) atoms. The summed E-state index contributed by atoms with van der Waals surface area (Å²) in [5, 5.41) is 0. The molecule has 1 nitrogen and oxygen atoms in total. The highest BCUT2D eigenvalue weighted by molar-refractivity contribution is 14.1. The molecule has 0 aromatic rings. The van der Waals surface area contributed by atoms with Crippen LogP contribution in [0.25, 0.3) is 0 Å². The van der Waals surface area contributed by atoms with Crippen LogP contribution in [-0.4, -0.2) is 15.9 Å². The van der Waals surface area contributed by atoms with E-state index < -0.39 is 5.67 Å². The Labute approximate surface area is 73.5 Å². The van der Waals surface area contributed by atoms with Gasteiger partial charge in [0.2, 0.25) is 0 Å². The molecule has 0 saturated heterocycles. The van der Waals surface area contributed by atoms with Crippen LogP contribution in [0.4, 0.5) is 4.39 Å². The van der Waals surface area contributed by atoms with Crippen LogP contribution < -0.4 is 0 Å². The third-order valence-corrected chi connectivity index (χ3v) is 3.20. The molecule has 1 atom stereocenters. The molecule has 0 bridgehead atoms. The molecule has 0 heterocycles. The van der Waals surface area contributed by atoms with E-state index in [0.717, 1.165) is 6.42 Å². The Balaban J connectivity index is 2.53. The van der Waals surface area contributed by atoms with Crippen molar-refractivity contribution in [3.05, 3.63) is 0 Å². The van der Waals surface area contributed by atoms with E-state index in [-0.39, 0.29) is 12.2 Å². The van der Waals surface area contributed by atoms with Crippen LogP contribution in [0, 0.1) is 0 Å². The zero-order chi connectivity index (χ0) is 7.61. The van der Waals surface area contributed by atoms with Crippen LogP contribution in [-0.2, 0) is 4.79 Å². The minimum Gasteiger partial charge on any atom is -0.300 e. The van der Waals surface area contributed by atoms with Gasteiger partial charge < -0.3 is 0 Å². The molecule has 0 aliphatic heterocycles. The number of hydrogen-bond donors (Lipinski definition) is 0. The van der Waals surface area contributed by atoms with Gasteiger partial charge in [-0.15, -0.1) is 0 Å². The highest BCUT2D eigenvalue weighted by Gasteiger charge is 2.34. The summed E-state index contributed by atoms with van der Waals surface area (Å²) in [4.78, 5) is 10.8. The standard InChI is InChI=1S/C7H10FIO/c8-7(5-9)3-1-2-6(10)4-7/h1-5H2. The summed E-state index contributed by atoms with van der Waals surface area (Å²) in [5.74, 6) is 0.0883. The number of carbonyl (C=O) groups is 1. The van der Waals surface area contributed by atoms with Crippen molar-refractivity contribution in [2.45, 2.75) is 31.4 Å². The lowest BCUT2D eigenvalue weighted by Crippen LogP contribution is -2.32. The summed E-state index contributed by atoms with van der Waals surface area (Å²) in [6, 6.07) is 0. The van der Waals surface area contributed by atoms with E-state index >= 15 is 0 Å². The van der Waals surface area contributed by atoms with Gasteiger partial charge in [-0.1, -0.05) is 22.6 Å². The normalized spacial score (nSPS) is 34.4. The first-order chi connectivity index (χ1) is 4.66. The quantitative estimate of drug-likeness (QED) is 0.519. The molecule has 0 aromatic heterocycles. The number of ketones is 1. The molecule has 0 N–H and O–H groups in total. The molecule has 1 fully saturated rings. The summed E-state index contributed by atoms with van der Waals surface area (Å²) in [7, 11) is 0. The summed E-state index contributed by atoms with van der Waals surface area (Å²) < 4.78 is 13.8.